The third-order valence-electron chi connectivity index (χ3n) is 4.62. The van der Waals surface area contributed by atoms with Crippen molar-refractivity contribution in [3.63, 3.8) is 0 Å². The zero-order chi connectivity index (χ0) is 20.4. The Morgan fingerprint density at radius 1 is 1.18 bits per heavy atom. The molecule has 9 heteroatoms. The monoisotopic (exact) mass is 380 g/mol. The summed E-state index contributed by atoms with van der Waals surface area (Å²) in [5.74, 6) is -0.283. The van der Waals surface area contributed by atoms with E-state index in [2.05, 4.69) is 4.98 Å². The molecule has 0 saturated carbocycles. The first-order chi connectivity index (χ1) is 13.3. The van der Waals surface area contributed by atoms with E-state index in [-0.39, 0.29) is 36.6 Å². The normalized spacial score (nSPS) is 10.8. The van der Waals surface area contributed by atoms with Crippen molar-refractivity contribution in [2.24, 2.45) is 14.1 Å². The predicted molar refractivity (Wildman–Crippen MR) is 104 cm³/mol. The number of nitriles is 1. The number of aromatic nitrogens is 4. The van der Waals surface area contributed by atoms with Crippen LogP contribution >= 0.6 is 0 Å². The Morgan fingerprint density at radius 2 is 1.86 bits per heavy atom. The topological polar surface area (TPSA) is 106 Å². The first-order valence-electron chi connectivity index (χ1n) is 8.70. The summed E-state index contributed by atoms with van der Waals surface area (Å²) >= 11 is 0. The second-order valence-corrected chi connectivity index (χ2v) is 6.54. The molecule has 28 heavy (non-hydrogen) atoms. The van der Waals surface area contributed by atoms with Crippen molar-refractivity contribution in [1.29, 1.82) is 5.26 Å². The molecule has 0 bridgehead atoms. The van der Waals surface area contributed by atoms with Crippen LogP contribution in [0.25, 0.3) is 11.2 Å². The standard InChI is InChI=1S/C19H20N6O3/c1-13-5-7-14(8-6-13)25(10-4-9-20)15(26)11-24-12-21-17-16(24)18(27)23(3)19(28)22(17)2/h5-8,12H,4,10-11H2,1-3H3. The van der Waals surface area contributed by atoms with Gasteiger partial charge in [0.15, 0.2) is 11.2 Å². The summed E-state index contributed by atoms with van der Waals surface area (Å²) in [7, 11) is 2.91. The molecule has 0 unspecified atom stereocenters. The maximum Gasteiger partial charge on any atom is 0.332 e. The average molecular weight is 380 g/mol. The summed E-state index contributed by atoms with van der Waals surface area (Å²) in [4.78, 5) is 43.2. The maximum atomic E-state index is 13.0. The number of benzene rings is 1. The molecule has 9 nitrogen and oxygen atoms in total. The lowest BCUT2D eigenvalue weighted by Gasteiger charge is -2.22. The number of rotatable bonds is 5. The fourth-order valence-electron chi connectivity index (χ4n) is 3.03. The van der Waals surface area contributed by atoms with Crippen molar-refractivity contribution in [3.05, 3.63) is 57.0 Å². The lowest BCUT2D eigenvalue weighted by Crippen LogP contribution is -2.38. The molecule has 0 aliphatic rings. The van der Waals surface area contributed by atoms with E-state index >= 15 is 0 Å². The van der Waals surface area contributed by atoms with E-state index < -0.39 is 11.2 Å². The van der Waals surface area contributed by atoms with Gasteiger partial charge in [-0.2, -0.15) is 5.26 Å². The van der Waals surface area contributed by atoms with Crippen molar-refractivity contribution in [2.45, 2.75) is 19.9 Å². The zero-order valence-electron chi connectivity index (χ0n) is 15.9. The highest BCUT2D eigenvalue weighted by Gasteiger charge is 2.20. The number of amides is 1. The van der Waals surface area contributed by atoms with Gasteiger partial charge >= 0.3 is 5.69 Å². The van der Waals surface area contributed by atoms with Crippen LogP contribution in [0.4, 0.5) is 5.69 Å². The molecule has 0 aliphatic carbocycles. The first-order valence-corrected chi connectivity index (χ1v) is 8.70. The Bertz CT molecular complexity index is 1190. The van der Waals surface area contributed by atoms with Crippen LogP contribution in [0.1, 0.15) is 12.0 Å². The summed E-state index contributed by atoms with van der Waals surface area (Å²) < 4.78 is 3.69. The minimum absolute atomic E-state index is 0.136. The SMILES string of the molecule is Cc1ccc(N(CCC#N)C(=O)Cn2cnc3c2c(=O)n(C)c(=O)n3C)cc1. The molecule has 0 saturated heterocycles. The number of nitrogens with zero attached hydrogens (tertiary/aromatic N) is 6. The minimum atomic E-state index is -0.512. The quantitative estimate of drug-likeness (QED) is 0.647. The minimum Gasteiger partial charge on any atom is -0.315 e. The molecule has 0 fully saturated rings. The van der Waals surface area contributed by atoms with Crippen LogP contribution in [0.3, 0.4) is 0 Å². The van der Waals surface area contributed by atoms with Gasteiger partial charge in [-0.1, -0.05) is 17.7 Å². The number of anilines is 1. The van der Waals surface area contributed by atoms with E-state index in [0.717, 1.165) is 10.1 Å². The van der Waals surface area contributed by atoms with Gasteiger partial charge in [0, 0.05) is 26.3 Å². The number of hydrogen-bond acceptors (Lipinski definition) is 5. The summed E-state index contributed by atoms with van der Waals surface area (Å²) in [6.07, 6.45) is 1.56. The van der Waals surface area contributed by atoms with Gasteiger partial charge in [0.1, 0.15) is 6.54 Å². The molecule has 3 rings (SSSR count). The van der Waals surface area contributed by atoms with Crippen LogP contribution in [-0.4, -0.2) is 31.1 Å². The van der Waals surface area contributed by atoms with E-state index in [1.54, 1.807) is 0 Å². The third-order valence-corrected chi connectivity index (χ3v) is 4.62. The highest BCUT2D eigenvalue weighted by atomic mass is 16.2. The second kappa shape index (κ2) is 7.52. The molecule has 2 heterocycles. The summed E-state index contributed by atoms with van der Waals surface area (Å²) in [5, 5.41) is 8.93. The number of imidazole rings is 1. The molecule has 1 amide bonds. The smallest absolute Gasteiger partial charge is 0.315 e. The van der Waals surface area contributed by atoms with Gasteiger partial charge in [0.25, 0.3) is 5.56 Å². The van der Waals surface area contributed by atoms with Crippen molar-refractivity contribution in [2.75, 3.05) is 11.4 Å². The van der Waals surface area contributed by atoms with Gasteiger partial charge < -0.3 is 9.47 Å². The molecule has 0 aliphatic heterocycles. The Morgan fingerprint density at radius 3 is 2.50 bits per heavy atom. The number of hydrogen-bond donors (Lipinski definition) is 0. The van der Waals surface area contributed by atoms with E-state index in [9.17, 15) is 14.4 Å². The molecule has 0 radical (unpaired) electrons. The van der Waals surface area contributed by atoms with Crippen LogP contribution in [-0.2, 0) is 25.4 Å². The van der Waals surface area contributed by atoms with E-state index in [4.69, 9.17) is 5.26 Å². The fraction of sp³-hybridized carbons (Fsp3) is 0.316. The summed E-state index contributed by atoms with van der Waals surface area (Å²) in [6, 6.07) is 9.46. The Hall–Kier alpha value is -3.67. The van der Waals surface area contributed by atoms with E-state index in [1.165, 1.54) is 34.5 Å². The van der Waals surface area contributed by atoms with Crippen molar-refractivity contribution < 1.29 is 4.79 Å². The molecule has 0 atom stereocenters. The molecule has 2 aromatic heterocycles. The van der Waals surface area contributed by atoms with Gasteiger partial charge in [-0.25, -0.2) is 9.78 Å². The Balaban J connectivity index is 2.00. The van der Waals surface area contributed by atoms with Crippen molar-refractivity contribution in [1.82, 2.24) is 18.7 Å². The fourth-order valence-corrected chi connectivity index (χ4v) is 3.03. The summed E-state index contributed by atoms with van der Waals surface area (Å²) in [5.41, 5.74) is 1.14. The lowest BCUT2D eigenvalue weighted by atomic mass is 10.2. The van der Waals surface area contributed by atoms with E-state index in [0.29, 0.717) is 5.69 Å². The van der Waals surface area contributed by atoms with Crippen LogP contribution in [0, 0.1) is 18.3 Å². The molecule has 3 aromatic rings. The van der Waals surface area contributed by atoms with Crippen LogP contribution < -0.4 is 16.1 Å². The third kappa shape index (κ3) is 3.32. The Kier molecular flexibility index (Phi) is 5.13. The second-order valence-electron chi connectivity index (χ2n) is 6.54. The van der Waals surface area contributed by atoms with Crippen molar-refractivity contribution in [3.8, 4) is 6.07 Å². The highest BCUT2D eigenvalue weighted by Crippen LogP contribution is 2.17. The van der Waals surface area contributed by atoms with Crippen LogP contribution in [0.2, 0.25) is 0 Å². The van der Waals surface area contributed by atoms with Crippen LogP contribution in [0.15, 0.2) is 40.2 Å². The molecular formula is C19H20N6O3. The Labute approximate surface area is 160 Å². The molecule has 1 aromatic carbocycles. The average Bonchev–Trinajstić information content (AvgIpc) is 3.10. The molecule has 144 valence electrons. The van der Waals surface area contributed by atoms with E-state index in [1.807, 2.05) is 37.3 Å². The van der Waals surface area contributed by atoms with Crippen LogP contribution in [0.5, 0.6) is 0 Å². The predicted octanol–water partition coefficient (Wildman–Crippen LogP) is 0.689. The van der Waals surface area contributed by atoms with Crippen molar-refractivity contribution >= 4 is 22.8 Å². The number of aryl methyl sites for hydroxylation is 2. The molecule has 0 spiro atoms. The van der Waals surface area contributed by atoms with Gasteiger partial charge in [-0.3, -0.25) is 18.7 Å². The van der Waals surface area contributed by atoms with Gasteiger partial charge in [-0.15, -0.1) is 0 Å². The highest BCUT2D eigenvalue weighted by molar-refractivity contribution is 5.94. The number of carbonyl (C=O) groups excluding carboxylic acids is 1. The molecule has 0 N–H and O–H groups in total. The largest absolute Gasteiger partial charge is 0.332 e. The summed E-state index contributed by atoms with van der Waals surface area (Å²) in [6.45, 7) is 2.05. The zero-order valence-corrected chi connectivity index (χ0v) is 15.9. The first kappa shape index (κ1) is 19.1. The van der Waals surface area contributed by atoms with Gasteiger partial charge in [0.05, 0.1) is 18.8 Å². The number of fused-ring (bicyclic) bond motifs is 1. The molecular weight excluding hydrogens is 360 g/mol. The number of carbonyl (C=O) groups is 1. The lowest BCUT2D eigenvalue weighted by molar-refractivity contribution is -0.119. The van der Waals surface area contributed by atoms with Gasteiger partial charge in [0.2, 0.25) is 5.91 Å². The maximum absolute atomic E-state index is 13.0. The van der Waals surface area contributed by atoms with Gasteiger partial charge in [-0.05, 0) is 19.1 Å².